The zero-order valence-corrected chi connectivity index (χ0v) is 21.3. The number of carbonyl (C=O) groups is 2. The van der Waals surface area contributed by atoms with E-state index >= 15 is 0 Å². The fourth-order valence-corrected chi connectivity index (χ4v) is 5.49. The van der Waals surface area contributed by atoms with Crippen molar-refractivity contribution in [1.82, 2.24) is 14.7 Å². The smallest absolute Gasteiger partial charge is 0.229 e. The quantitative estimate of drug-likeness (QED) is 0.476. The lowest BCUT2D eigenvalue weighted by Crippen LogP contribution is -2.53. The van der Waals surface area contributed by atoms with Crippen LogP contribution in [0.25, 0.3) is 0 Å². The third-order valence-corrected chi connectivity index (χ3v) is 7.12. The van der Waals surface area contributed by atoms with Crippen molar-refractivity contribution in [2.75, 3.05) is 45.5 Å². The molecule has 31 heavy (non-hydrogen) atoms. The minimum Gasteiger partial charge on any atom is -0.301 e. The molecule has 0 spiro atoms. The van der Waals surface area contributed by atoms with Crippen LogP contribution in [-0.4, -0.2) is 78.1 Å². The number of likely N-dealkylation sites (tertiary alicyclic amines) is 1. The molecule has 6 heteroatoms. The number of thiol groups is 1. The van der Waals surface area contributed by atoms with E-state index < -0.39 is 0 Å². The molecular formula is C25H47N3O2S. The fourth-order valence-electron chi connectivity index (χ4n) is 5.49. The average molecular weight is 454 g/mol. The van der Waals surface area contributed by atoms with Crippen molar-refractivity contribution in [3.8, 4) is 0 Å². The van der Waals surface area contributed by atoms with E-state index in [0.29, 0.717) is 19.4 Å². The number of nitrogens with zero attached hydrogens (tertiary/aromatic N) is 3. The molecule has 0 bridgehead atoms. The van der Waals surface area contributed by atoms with Gasteiger partial charge >= 0.3 is 0 Å². The maximum Gasteiger partial charge on any atom is 0.229 e. The van der Waals surface area contributed by atoms with E-state index in [1.165, 1.54) is 62.9 Å². The molecule has 2 saturated carbocycles. The molecule has 180 valence electrons. The van der Waals surface area contributed by atoms with Crippen LogP contribution < -0.4 is 0 Å². The van der Waals surface area contributed by atoms with E-state index in [-0.39, 0.29) is 11.8 Å². The number of hydrogen-bond donors (Lipinski definition) is 1. The molecule has 2 heterocycles. The van der Waals surface area contributed by atoms with E-state index in [0.717, 1.165) is 50.4 Å². The van der Waals surface area contributed by atoms with Gasteiger partial charge in [-0.05, 0) is 63.2 Å². The minimum absolute atomic E-state index is 0.0366. The van der Waals surface area contributed by atoms with Gasteiger partial charge in [0.05, 0.1) is 0 Å². The molecular weight excluding hydrogens is 406 g/mol. The summed E-state index contributed by atoms with van der Waals surface area (Å²) in [5.41, 5.74) is 0. The lowest BCUT2D eigenvalue weighted by molar-refractivity contribution is -0.148. The topological polar surface area (TPSA) is 43.9 Å². The normalized spacial score (nSPS) is 27.8. The van der Waals surface area contributed by atoms with E-state index in [9.17, 15) is 9.59 Å². The summed E-state index contributed by atoms with van der Waals surface area (Å²) in [7, 11) is 0. The molecule has 0 N–H and O–H groups in total. The van der Waals surface area contributed by atoms with Crippen molar-refractivity contribution in [1.29, 1.82) is 0 Å². The van der Waals surface area contributed by atoms with Crippen LogP contribution in [0.3, 0.4) is 0 Å². The van der Waals surface area contributed by atoms with E-state index in [1.807, 2.05) is 0 Å². The summed E-state index contributed by atoms with van der Waals surface area (Å²) in [6, 6.07) is 0.849. The molecule has 4 rings (SSSR count). The second kappa shape index (κ2) is 14.5. The lowest BCUT2D eigenvalue weighted by atomic mass is 9.80. The van der Waals surface area contributed by atoms with Gasteiger partial charge in [-0.3, -0.25) is 19.4 Å². The first-order valence-electron chi connectivity index (χ1n) is 12.9. The Balaban J connectivity index is 0.000000630. The molecule has 2 unspecified atom stereocenters. The highest BCUT2D eigenvalue weighted by Crippen LogP contribution is 2.45. The fraction of sp³-hybridized carbons (Fsp3) is 0.920. The molecule has 4 aliphatic rings. The van der Waals surface area contributed by atoms with Crippen molar-refractivity contribution in [3.63, 3.8) is 0 Å². The molecule has 2 aliphatic carbocycles. The number of amides is 2. The van der Waals surface area contributed by atoms with E-state index in [2.05, 4.69) is 36.3 Å². The number of rotatable bonds is 6. The van der Waals surface area contributed by atoms with Gasteiger partial charge in [-0.2, -0.15) is 12.6 Å². The Morgan fingerprint density at radius 2 is 1.39 bits per heavy atom. The largest absolute Gasteiger partial charge is 0.301 e. The molecule has 2 amide bonds. The predicted molar refractivity (Wildman–Crippen MR) is 133 cm³/mol. The summed E-state index contributed by atoms with van der Waals surface area (Å²) in [5, 5.41) is 0. The monoisotopic (exact) mass is 453 g/mol. The van der Waals surface area contributed by atoms with Gasteiger partial charge in [0, 0.05) is 51.6 Å². The summed E-state index contributed by atoms with van der Waals surface area (Å²) < 4.78 is 0. The maximum absolute atomic E-state index is 11.9. The first-order valence-corrected chi connectivity index (χ1v) is 13.8. The number of piperazine rings is 1. The van der Waals surface area contributed by atoms with E-state index in [4.69, 9.17) is 0 Å². The molecule has 0 aromatic rings. The van der Waals surface area contributed by atoms with Crippen LogP contribution >= 0.6 is 12.6 Å². The molecule has 2 aliphatic heterocycles. The van der Waals surface area contributed by atoms with Crippen LogP contribution in [0.4, 0.5) is 0 Å². The van der Waals surface area contributed by atoms with Gasteiger partial charge in [-0.1, -0.05) is 33.1 Å². The van der Waals surface area contributed by atoms with Crippen molar-refractivity contribution >= 4 is 24.4 Å². The molecule has 4 fully saturated rings. The van der Waals surface area contributed by atoms with E-state index in [1.54, 1.807) is 6.26 Å². The number of piperidine rings is 1. The third-order valence-electron chi connectivity index (χ3n) is 7.12. The Morgan fingerprint density at radius 1 is 0.806 bits per heavy atom. The molecule has 0 radical (unpaired) electrons. The SMILES string of the molecule is CCC.CS.O=C1CCCC(=O)N1CCCN1CCN(C2CCCCC2C2CC2)CC1. The zero-order chi connectivity index (χ0) is 22.6. The first-order chi connectivity index (χ1) is 15.1. The minimum atomic E-state index is 0.0366. The molecule has 2 atom stereocenters. The Bertz CT molecular complexity index is 517. The van der Waals surface area contributed by atoms with Crippen LogP contribution in [-0.2, 0) is 9.59 Å². The summed E-state index contributed by atoms with van der Waals surface area (Å²) in [5.74, 6) is 2.09. The zero-order valence-electron chi connectivity index (χ0n) is 20.4. The molecule has 0 aromatic carbocycles. The molecule has 0 aromatic heterocycles. The van der Waals surface area contributed by atoms with Gasteiger partial charge in [-0.15, -0.1) is 0 Å². The summed E-state index contributed by atoms with van der Waals surface area (Å²) in [6.45, 7) is 10.6. The van der Waals surface area contributed by atoms with Crippen LogP contribution in [0.15, 0.2) is 0 Å². The highest BCUT2D eigenvalue weighted by atomic mass is 32.1. The molecule has 5 nitrogen and oxygen atoms in total. The van der Waals surface area contributed by atoms with Crippen LogP contribution in [0.1, 0.15) is 84.5 Å². The maximum atomic E-state index is 11.9. The van der Waals surface area contributed by atoms with Crippen molar-refractivity contribution in [3.05, 3.63) is 0 Å². The van der Waals surface area contributed by atoms with Crippen LogP contribution in [0.5, 0.6) is 0 Å². The second-order valence-corrected chi connectivity index (χ2v) is 9.58. The van der Waals surface area contributed by atoms with Gasteiger partial charge in [0.2, 0.25) is 11.8 Å². The van der Waals surface area contributed by atoms with Gasteiger partial charge in [-0.25, -0.2) is 0 Å². The summed E-state index contributed by atoms with van der Waals surface area (Å²) >= 11 is 3.53. The van der Waals surface area contributed by atoms with Crippen LogP contribution in [0.2, 0.25) is 0 Å². The molecule has 2 saturated heterocycles. The van der Waals surface area contributed by atoms with Gasteiger partial charge < -0.3 is 4.90 Å². The summed E-state index contributed by atoms with van der Waals surface area (Å²) in [6.07, 6.45) is 14.4. The highest BCUT2D eigenvalue weighted by Gasteiger charge is 2.40. The van der Waals surface area contributed by atoms with Gasteiger partial charge in [0.15, 0.2) is 0 Å². The predicted octanol–water partition coefficient (Wildman–Crippen LogP) is 4.46. The third kappa shape index (κ3) is 8.36. The number of carbonyl (C=O) groups excluding carboxylic acids is 2. The van der Waals surface area contributed by atoms with Crippen molar-refractivity contribution < 1.29 is 9.59 Å². The first kappa shape index (κ1) is 26.7. The highest BCUT2D eigenvalue weighted by molar-refractivity contribution is 7.79. The lowest BCUT2D eigenvalue weighted by Gasteiger charge is -2.44. The standard InChI is InChI=1S/C21H35N3O2.C3H8.CH4S/c25-20-7-3-8-21(26)24(20)12-4-11-22-13-15-23(16-14-22)19-6-2-1-5-18(19)17-9-10-17;1-3-2;1-2/h17-19H,1-16H2;3H2,1-2H3;2H,1H3. The number of hydrogen-bond acceptors (Lipinski definition) is 5. The van der Waals surface area contributed by atoms with Gasteiger partial charge in [0.1, 0.15) is 0 Å². The average Bonchev–Trinajstić information content (AvgIpc) is 3.64. The Hall–Kier alpha value is -0.590. The second-order valence-electron chi connectivity index (χ2n) is 9.58. The summed E-state index contributed by atoms with van der Waals surface area (Å²) in [4.78, 5) is 30.6. The Morgan fingerprint density at radius 3 is 1.97 bits per heavy atom. The Labute approximate surface area is 196 Å². The van der Waals surface area contributed by atoms with Crippen molar-refractivity contribution in [2.24, 2.45) is 11.8 Å². The Kier molecular flexibility index (Phi) is 12.5. The van der Waals surface area contributed by atoms with Crippen molar-refractivity contribution in [2.45, 2.75) is 90.5 Å². The van der Waals surface area contributed by atoms with Gasteiger partial charge in [0.25, 0.3) is 0 Å². The number of imide groups is 1. The van der Waals surface area contributed by atoms with Crippen LogP contribution in [0, 0.1) is 11.8 Å².